The smallest absolute Gasteiger partial charge is 0.271 e. The highest BCUT2D eigenvalue weighted by Crippen LogP contribution is 2.43. The molecule has 20 heavy (non-hydrogen) atoms. The number of Topliss-reactive ketones (excluding diaryl/α,β-unsaturated/α-hetero) is 1. The summed E-state index contributed by atoms with van der Waals surface area (Å²) in [5, 5.41) is 0. The Morgan fingerprint density at radius 1 is 1.30 bits per heavy atom. The van der Waals surface area contributed by atoms with E-state index in [2.05, 4.69) is 6.58 Å². The van der Waals surface area contributed by atoms with Crippen LogP contribution in [0.2, 0.25) is 0 Å². The van der Waals surface area contributed by atoms with Crippen molar-refractivity contribution in [2.45, 2.75) is 45.6 Å². The van der Waals surface area contributed by atoms with Crippen LogP contribution in [0.15, 0.2) is 35.0 Å². The van der Waals surface area contributed by atoms with Crippen LogP contribution in [0, 0.1) is 11.8 Å². The van der Waals surface area contributed by atoms with Gasteiger partial charge >= 0.3 is 0 Å². The Hall–Kier alpha value is -1.29. The third-order valence-electron chi connectivity index (χ3n) is 4.68. The highest BCUT2D eigenvalue weighted by Gasteiger charge is 2.36. The lowest BCUT2D eigenvalue weighted by Gasteiger charge is -2.28. The van der Waals surface area contributed by atoms with Crippen molar-refractivity contribution in [2.75, 3.05) is 0 Å². The van der Waals surface area contributed by atoms with Crippen LogP contribution in [-0.4, -0.2) is 11.8 Å². The lowest BCUT2D eigenvalue weighted by atomic mass is 9.75. The van der Waals surface area contributed by atoms with Crippen LogP contribution in [0.1, 0.15) is 39.5 Å². The number of ketones is 1. The minimum absolute atomic E-state index is 0.0207. The van der Waals surface area contributed by atoms with E-state index in [4.69, 9.17) is 5.73 Å². The Kier molecular flexibility index (Phi) is 4.23. The van der Waals surface area contributed by atoms with E-state index in [9.17, 15) is 13.6 Å². The highest BCUT2D eigenvalue weighted by atomic mass is 19.3. The van der Waals surface area contributed by atoms with Gasteiger partial charge in [0.15, 0.2) is 5.78 Å². The first kappa shape index (κ1) is 15.1. The molecule has 0 heterocycles. The molecule has 0 saturated heterocycles. The molecule has 0 amide bonds. The first-order chi connectivity index (χ1) is 9.31. The summed E-state index contributed by atoms with van der Waals surface area (Å²) in [6.45, 7) is 7.66. The van der Waals surface area contributed by atoms with Crippen molar-refractivity contribution < 1.29 is 13.6 Å². The monoisotopic (exact) mass is 281 g/mol. The van der Waals surface area contributed by atoms with E-state index in [1.54, 1.807) is 0 Å². The van der Waals surface area contributed by atoms with Gasteiger partial charge in [-0.15, -0.1) is 0 Å². The fraction of sp³-hybridized carbons (Fsp3) is 0.562. The number of carbonyl (C=O) groups excluding carboxylic acids is 1. The van der Waals surface area contributed by atoms with Crippen LogP contribution in [0.3, 0.4) is 0 Å². The molecule has 110 valence electrons. The highest BCUT2D eigenvalue weighted by molar-refractivity contribution is 5.97. The minimum Gasteiger partial charge on any atom is -0.324 e. The van der Waals surface area contributed by atoms with Gasteiger partial charge < -0.3 is 5.73 Å². The molecule has 2 nitrogen and oxygen atoms in total. The van der Waals surface area contributed by atoms with Crippen molar-refractivity contribution in [2.24, 2.45) is 17.6 Å². The fourth-order valence-electron chi connectivity index (χ4n) is 3.30. The molecule has 2 aliphatic rings. The second-order valence-corrected chi connectivity index (χ2v) is 6.05. The normalized spacial score (nSPS) is 30.9. The Morgan fingerprint density at radius 2 is 1.95 bits per heavy atom. The van der Waals surface area contributed by atoms with Gasteiger partial charge in [-0.1, -0.05) is 17.7 Å². The number of halogens is 2. The van der Waals surface area contributed by atoms with Crippen molar-refractivity contribution >= 4 is 5.78 Å². The lowest BCUT2D eigenvalue weighted by Crippen LogP contribution is -2.23. The van der Waals surface area contributed by atoms with Gasteiger partial charge in [-0.05, 0) is 50.5 Å². The van der Waals surface area contributed by atoms with E-state index in [0.717, 1.165) is 23.1 Å². The number of hydrogen-bond acceptors (Lipinski definition) is 2. The molecule has 0 bridgehead atoms. The molecular formula is C16H21F2NO. The lowest BCUT2D eigenvalue weighted by molar-refractivity contribution is -0.116. The Labute approximate surface area is 118 Å². The van der Waals surface area contributed by atoms with Gasteiger partial charge in [-0.3, -0.25) is 4.79 Å². The molecule has 2 N–H and O–H groups in total. The number of allylic oxidation sites excluding steroid dienone is 3. The molecule has 3 atom stereocenters. The molecule has 0 unspecified atom stereocenters. The van der Waals surface area contributed by atoms with Crippen LogP contribution in [0.4, 0.5) is 8.78 Å². The Bertz CT molecular complexity index is 515. The number of rotatable bonds is 2. The summed E-state index contributed by atoms with van der Waals surface area (Å²) in [6.07, 6.45) is 0.383. The summed E-state index contributed by atoms with van der Waals surface area (Å²) in [7, 11) is 0. The first-order valence-electron chi connectivity index (χ1n) is 6.99. The molecule has 4 heteroatoms. The average Bonchev–Trinajstić information content (AvgIpc) is 2.74. The molecule has 0 aromatic carbocycles. The first-order valence-corrected chi connectivity index (χ1v) is 6.99. The van der Waals surface area contributed by atoms with Gasteiger partial charge in [0.2, 0.25) is 0 Å². The van der Waals surface area contributed by atoms with E-state index >= 15 is 0 Å². The van der Waals surface area contributed by atoms with E-state index in [1.165, 1.54) is 0 Å². The summed E-state index contributed by atoms with van der Waals surface area (Å²) < 4.78 is 25.6. The van der Waals surface area contributed by atoms with E-state index < -0.39 is 12.1 Å². The standard InChI is InChI=1S/C16H21F2NO/c1-8(2)10-4-12(9(3)15(20)7-10)11-5-13(16(17)18)14(19)6-11/h10-11,14H,1,4-7,19H2,2-3H3/t10-,11-,14-/m0/s1. The summed E-state index contributed by atoms with van der Waals surface area (Å²) in [5.41, 5.74) is 8.59. The molecule has 0 aromatic rings. The zero-order valence-corrected chi connectivity index (χ0v) is 12.0. The minimum atomic E-state index is -1.66. The third-order valence-corrected chi connectivity index (χ3v) is 4.68. The topological polar surface area (TPSA) is 43.1 Å². The Morgan fingerprint density at radius 3 is 2.45 bits per heavy atom. The number of nitrogens with two attached hydrogens (primary N) is 1. The van der Waals surface area contributed by atoms with Gasteiger partial charge in [-0.2, -0.15) is 8.78 Å². The molecule has 2 aliphatic carbocycles. The average molecular weight is 281 g/mol. The molecule has 1 saturated carbocycles. The van der Waals surface area contributed by atoms with E-state index in [0.29, 0.717) is 12.8 Å². The molecule has 0 aliphatic heterocycles. The molecular weight excluding hydrogens is 260 g/mol. The van der Waals surface area contributed by atoms with Crippen molar-refractivity contribution in [3.63, 3.8) is 0 Å². The van der Waals surface area contributed by atoms with Crippen LogP contribution in [0.25, 0.3) is 0 Å². The van der Waals surface area contributed by atoms with Crippen LogP contribution >= 0.6 is 0 Å². The summed E-state index contributed by atoms with van der Waals surface area (Å²) in [4.78, 5) is 12.1. The molecule has 2 rings (SSSR count). The van der Waals surface area contributed by atoms with Crippen LogP contribution in [0.5, 0.6) is 0 Å². The van der Waals surface area contributed by atoms with Gasteiger partial charge in [0.25, 0.3) is 6.08 Å². The van der Waals surface area contributed by atoms with Crippen LogP contribution < -0.4 is 5.73 Å². The van der Waals surface area contributed by atoms with Gasteiger partial charge in [0.1, 0.15) is 0 Å². The van der Waals surface area contributed by atoms with Crippen LogP contribution in [-0.2, 0) is 4.79 Å². The summed E-state index contributed by atoms with van der Waals surface area (Å²) >= 11 is 0. The van der Waals surface area contributed by atoms with Gasteiger partial charge in [0.05, 0.1) is 0 Å². The maximum absolute atomic E-state index is 12.8. The second-order valence-electron chi connectivity index (χ2n) is 6.05. The zero-order chi connectivity index (χ0) is 15.0. The maximum atomic E-state index is 12.8. The van der Waals surface area contributed by atoms with E-state index in [1.807, 2.05) is 13.8 Å². The predicted molar refractivity (Wildman–Crippen MR) is 75.2 cm³/mol. The maximum Gasteiger partial charge on any atom is 0.271 e. The van der Waals surface area contributed by atoms with E-state index in [-0.39, 0.29) is 29.6 Å². The quantitative estimate of drug-likeness (QED) is 0.783. The SMILES string of the molecule is C=C(C)[C@@H]1CC(=O)C(C)=C([C@H]2CC(=C(F)F)[C@@H](N)C2)C1. The van der Waals surface area contributed by atoms with Gasteiger partial charge in [-0.25, -0.2) is 0 Å². The van der Waals surface area contributed by atoms with Crippen molar-refractivity contribution in [3.8, 4) is 0 Å². The second kappa shape index (κ2) is 5.60. The molecule has 0 radical (unpaired) electrons. The fourth-order valence-corrected chi connectivity index (χ4v) is 3.30. The molecule has 0 spiro atoms. The summed E-state index contributed by atoms with van der Waals surface area (Å²) in [6, 6.07) is -0.578. The third kappa shape index (κ3) is 2.75. The molecule has 1 fully saturated rings. The van der Waals surface area contributed by atoms with Crippen molar-refractivity contribution in [1.29, 1.82) is 0 Å². The van der Waals surface area contributed by atoms with Crippen molar-refractivity contribution in [3.05, 3.63) is 35.0 Å². The predicted octanol–water partition coefficient (Wildman–Crippen LogP) is 3.75. The molecule has 0 aromatic heterocycles. The van der Waals surface area contributed by atoms with Crippen molar-refractivity contribution in [1.82, 2.24) is 0 Å². The number of hydrogen-bond donors (Lipinski definition) is 1. The number of carbonyl (C=O) groups is 1. The largest absolute Gasteiger partial charge is 0.324 e. The zero-order valence-electron chi connectivity index (χ0n) is 12.0. The van der Waals surface area contributed by atoms with Gasteiger partial charge in [0, 0.05) is 18.0 Å². The summed E-state index contributed by atoms with van der Waals surface area (Å²) in [5.74, 6) is 0.235. The Balaban J connectivity index is 2.28.